The van der Waals surface area contributed by atoms with Crippen molar-refractivity contribution in [2.45, 2.75) is 39.7 Å². The molecule has 7 heteroatoms. The Hall–Kier alpha value is -2.67. The van der Waals surface area contributed by atoms with E-state index in [4.69, 9.17) is 4.74 Å². The Morgan fingerprint density at radius 3 is 2.61 bits per heavy atom. The molecule has 1 aliphatic heterocycles. The van der Waals surface area contributed by atoms with Crippen LogP contribution in [0, 0.1) is 6.92 Å². The number of carbonyl (C=O) groups excluding carboxylic acids is 1. The van der Waals surface area contributed by atoms with Crippen molar-refractivity contribution in [2.24, 2.45) is 0 Å². The number of aryl methyl sites for hydroxylation is 1. The summed E-state index contributed by atoms with van der Waals surface area (Å²) < 4.78 is 5.57. The number of amides is 1. The molecule has 0 aliphatic carbocycles. The summed E-state index contributed by atoms with van der Waals surface area (Å²) in [5.74, 6) is 0.288. The fraction of sp³-hybridized carbons (Fsp3) is 0.476. The van der Waals surface area contributed by atoms with Gasteiger partial charge in [0, 0.05) is 50.0 Å². The first kappa shape index (κ1) is 20.1. The number of ether oxygens (including phenoxy) is 1. The van der Waals surface area contributed by atoms with Crippen LogP contribution in [0.3, 0.4) is 0 Å². The Morgan fingerprint density at radius 1 is 1.25 bits per heavy atom. The SMILES string of the molecule is CCN(CC)c1ccc(NC(=O)c2cnc(NCC3CCCO3)nc2)c(C)c1. The van der Waals surface area contributed by atoms with Crippen molar-refractivity contribution < 1.29 is 9.53 Å². The van der Waals surface area contributed by atoms with Gasteiger partial charge in [-0.25, -0.2) is 9.97 Å². The monoisotopic (exact) mass is 383 g/mol. The number of aromatic nitrogens is 2. The van der Waals surface area contributed by atoms with Crippen LogP contribution in [0.4, 0.5) is 17.3 Å². The van der Waals surface area contributed by atoms with E-state index in [2.05, 4.69) is 45.4 Å². The summed E-state index contributed by atoms with van der Waals surface area (Å²) in [4.78, 5) is 23.3. The third-order valence-electron chi connectivity index (χ3n) is 5.01. The molecule has 1 aromatic carbocycles. The van der Waals surface area contributed by atoms with Gasteiger partial charge in [0.2, 0.25) is 5.95 Å². The molecule has 7 nitrogen and oxygen atoms in total. The van der Waals surface area contributed by atoms with Crippen LogP contribution in [0.25, 0.3) is 0 Å². The fourth-order valence-corrected chi connectivity index (χ4v) is 3.32. The van der Waals surface area contributed by atoms with Crippen LogP contribution in [0.2, 0.25) is 0 Å². The minimum atomic E-state index is -0.218. The van der Waals surface area contributed by atoms with E-state index < -0.39 is 0 Å². The zero-order chi connectivity index (χ0) is 19.9. The van der Waals surface area contributed by atoms with Gasteiger partial charge in [0.1, 0.15) is 0 Å². The Bertz CT molecular complexity index is 784. The number of carbonyl (C=O) groups is 1. The van der Waals surface area contributed by atoms with Gasteiger partial charge in [0.05, 0.1) is 11.7 Å². The third-order valence-corrected chi connectivity index (χ3v) is 5.01. The van der Waals surface area contributed by atoms with Crippen LogP contribution >= 0.6 is 0 Å². The van der Waals surface area contributed by atoms with E-state index in [-0.39, 0.29) is 12.0 Å². The average Bonchev–Trinajstić information content (AvgIpc) is 3.23. The Morgan fingerprint density at radius 2 is 2.00 bits per heavy atom. The minimum Gasteiger partial charge on any atom is -0.376 e. The van der Waals surface area contributed by atoms with Crippen LogP contribution in [-0.4, -0.2) is 48.2 Å². The molecule has 1 saturated heterocycles. The molecule has 0 radical (unpaired) electrons. The topological polar surface area (TPSA) is 79.4 Å². The molecular weight excluding hydrogens is 354 g/mol. The van der Waals surface area contributed by atoms with Crippen molar-refractivity contribution in [3.8, 4) is 0 Å². The summed E-state index contributed by atoms with van der Waals surface area (Å²) in [7, 11) is 0. The number of nitrogens with zero attached hydrogens (tertiary/aromatic N) is 3. The summed E-state index contributed by atoms with van der Waals surface area (Å²) in [6.07, 6.45) is 5.45. The summed E-state index contributed by atoms with van der Waals surface area (Å²) >= 11 is 0. The van der Waals surface area contributed by atoms with E-state index in [9.17, 15) is 4.79 Å². The first-order chi connectivity index (χ1) is 13.6. The molecule has 3 rings (SSSR count). The van der Waals surface area contributed by atoms with E-state index in [1.165, 1.54) is 0 Å². The van der Waals surface area contributed by atoms with Crippen LogP contribution in [0.1, 0.15) is 42.6 Å². The second kappa shape index (κ2) is 9.50. The van der Waals surface area contributed by atoms with Gasteiger partial charge in [0.25, 0.3) is 5.91 Å². The summed E-state index contributed by atoms with van der Waals surface area (Å²) in [5, 5.41) is 6.10. The largest absolute Gasteiger partial charge is 0.376 e. The van der Waals surface area contributed by atoms with Gasteiger partial charge in [-0.05, 0) is 57.4 Å². The molecule has 2 heterocycles. The van der Waals surface area contributed by atoms with Gasteiger partial charge in [-0.1, -0.05) is 0 Å². The van der Waals surface area contributed by atoms with Gasteiger partial charge in [0.15, 0.2) is 0 Å². The van der Waals surface area contributed by atoms with E-state index >= 15 is 0 Å². The van der Waals surface area contributed by atoms with E-state index in [1.807, 2.05) is 19.1 Å². The summed E-state index contributed by atoms with van der Waals surface area (Å²) in [5.41, 5.74) is 3.40. The number of nitrogens with one attached hydrogen (secondary N) is 2. The quantitative estimate of drug-likeness (QED) is 0.727. The maximum absolute atomic E-state index is 12.5. The second-order valence-electron chi connectivity index (χ2n) is 6.94. The lowest BCUT2D eigenvalue weighted by Gasteiger charge is -2.22. The van der Waals surface area contributed by atoms with Crippen molar-refractivity contribution in [3.63, 3.8) is 0 Å². The lowest BCUT2D eigenvalue weighted by molar-refractivity contribution is 0.102. The van der Waals surface area contributed by atoms with E-state index in [0.717, 1.165) is 49.5 Å². The van der Waals surface area contributed by atoms with Crippen molar-refractivity contribution >= 4 is 23.2 Å². The zero-order valence-corrected chi connectivity index (χ0v) is 16.9. The second-order valence-corrected chi connectivity index (χ2v) is 6.94. The highest BCUT2D eigenvalue weighted by Crippen LogP contribution is 2.23. The zero-order valence-electron chi connectivity index (χ0n) is 16.9. The molecule has 1 fully saturated rings. The molecule has 0 bridgehead atoms. The van der Waals surface area contributed by atoms with Gasteiger partial charge in [-0.2, -0.15) is 0 Å². The molecule has 150 valence electrons. The maximum Gasteiger partial charge on any atom is 0.258 e. The molecule has 2 aromatic rings. The smallest absolute Gasteiger partial charge is 0.258 e. The van der Waals surface area contributed by atoms with E-state index in [0.29, 0.717) is 18.1 Å². The first-order valence-electron chi connectivity index (χ1n) is 9.95. The fourth-order valence-electron chi connectivity index (χ4n) is 3.32. The number of benzene rings is 1. The molecule has 1 amide bonds. The van der Waals surface area contributed by atoms with Crippen molar-refractivity contribution in [2.75, 3.05) is 41.8 Å². The van der Waals surface area contributed by atoms with Gasteiger partial charge >= 0.3 is 0 Å². The predicted molar refractivity (Wildman–Crippen MR) is 112 cm³/mol. The molecule has 0 spiro atoms. The number of rotatable bonds is 8. The molecule has 1 aromatic heterocycles. The molecule has 1 aliphatic rings. The molecular formula is C21H29N5O2. The van der Waals surface area contributed by atoms with Crippen LogP contribution in [-0.2, 0) is 4.74 Å². The highest BCUT2D eigenvalue weighted by Gasteiger charge is 2.16. The molecule has 1 unspecified atom stereocenters. The predicted octanol–water partition coefficient (Wildman–Crippen LogP) is 3.47. The molecule has 28 heavy (non-hydrogen) atoms. The standard InChI is InChI=1S/C21H29N5O2/c1-4-26(5-2)17-8-9-19(15(3)11-17)25-20(27)16-12-22-21(23-13-16)24-14-18-7-6-10-28-18/h8-9,11-13,18H,4-7,10,14H2,1-3H3,(H,25,27)(H,22,23,24). The van der Waals surface area contributed by atoms with Gasteiger partial charge < -0.3 is 20.3 Å². The Balaban J connectivity index is 1.59. The minimum absolute atomic E-state index is 0.217. The number of anilines is 3. The normalized spacial score (nSPS) is 16.0. The third kappa shape index (κ3) is 4.98. The van der Waals surface area contributed by atoms with Gasteiger partial charge in [-0.15, -0.1) is 0 Å². The van der Waals surface area contributed by atoms with Crippen molar-refractivity contribution in [1.82, 2.24) is 9.97 Å². The lowest BCUT2D eigenvalue weighted by atomic mass is 10.1. The number of hydrogen-bond donors (Lipinski definition) is 2. The van der Waals surface area contributed by atoms with Crippen molar-refractivity contribution in [3.05, 3.63) is 41.7 Å². The Labute approximate surface area is 166 Å². The highest BCUT2D eigenvalue weighted by molar-refractivity contribution is 6.04. The van der Waals surface area contributed by atoms with Crippen LogP contribution in [0.15, 0.2) is 30.6 Å². The maximum atomic E-state index is 12.5. The molecule has 2 N–H and O–H groups in total. The summed E-state index contributed by atoms with van der Waals surface area (Å²) in [6, 6.07) is 6.07. The lowest BCUT2D eigenvalue weighted by Crippen LogP contribution is -2.22. The molecule has 0 saturated carbocycles. The average molecular weight is 383 g/mol. The number of hydrogen-bond acceptors (Lipinski definition) is 6. The van der Waals surface area contributed by atoms with Crippen molar-refractivity contribution in [1.29, 1.82) is 0 Å². The summed E-state index contributed by atoms with van der Waals surface area (Å²) in [6.45, 7) is 9.67. The van der Waals surface area contributed by atoms with E-state index in [1.54, 1.807) is 12.4 Å². The molecule has 1 atom stereocenters. The van der Waals surface area contributed by atoms with Gasteiger partial charge in [-0.3, -0.25) is 4.79 Å². The Kier molecular flexibility index (Phi) is 6.81. The first-order valence-corrected chi connectivity index (χ1v) is 9.95. The van der Waals surface area contributed by atoms with Crippen LogP contribution < -0.4 is 15.5 Å². The van der Waals surface area contributed by atoms with Crippen LogP contribution in [0.5, 0.6) is 0 Å². The highest BCUT2D eigenvalue weighted by atomic mass is 16.5.